The van der Waals surface area contributed by atoms with Gasteiger partial charge in [-0.2, -0.15) is 0 Å². The van der Waals surface area contributed by atoms with Crippen molar-refractivity contribution in [3.05, 3.63) is 42.5 Å². The first-order chi connectivity index (χ1) is 15.9. The summed E-state index contributed by atoms with van der Waals surface area (Å²) in [5.41, 5.74) is 0. The maximum atomic E-state index is 13.4. The zero-order chi connectivity index (χ0) is 26.7. The predicted molar refractivity (Wildman–Crippen MR) is 154 cm³/mol. The predicted octanol–water partition coefficient (Wildman–Crippen LogP) is 6.87. The molecule has 0 amide bonds. The fourth-order valence-electron chi connectivity index (χ4n) is 3.41. The molecule has 7 heteroatoms. The molecule has 0 saturated carbocycles. The molecule has 4 nitrogen and oxygen atoms in total. The number of carbonyl (C=O) groups is 1. The summed E-state index contributed by atoms with van der Waals surface area (Å²) in [7, 11) is -4.04. The first-order valence-electron chi connectivity index (χ1n) is 12.9. The molecule has 1 aromatic rings. The van der Waals surface area contributed by atoms with Gasteiger partial charge in [0.1, 0.15) is 0 Å². The van der Waals surface area contributed by atoms with Crippen molar-refractivity contribution >= 4 is 42.0 Å². The molecule has 2 rings (SSSR count). The number of ether oxygens (including phenoxy) is 1. The van der Waals surface area contributed by atoms with Crippen LogP contribution in [0.1, 0.15) is 61.3 Å². The van der Waals surface area contributed by atoms with E-state index in [0.717, 1.165) is 0 Å². The molecule has 0 bridgehead atoms. The Bertz CT molecular complexity index is 856. The molecule has 1 heterocycles. The van der Waals surface area contributed by atoms with E-state index in [1.54, 1.807) is 0 Å². The zero-order valence-corrected chi connectivity index (χ0v) is 27.5. The standard InChI is InChI=1S/C28H48O4SeSi2/c1-21-19-22(31-34(8,9)27(2,3)4)17-18-23(32-35(10,11)28(5,6)7)20-25(26(29)30-21)33-24-15-13-12-14-16-24/h12-18,21-23,25H,19-20H2,1-11H3/b18-17+/t21-,22-,23-,25?/m1/s1. The van der Waals surface area contributed by atoms with Crippen LogP contribution in [0.25, 0.3) is 0 Å². The van der Waals surface area contributed by atoms with Gasteiger partial charge in [0.25, 0.3) is 0 Å². The summed E-state index contributed by atoms with van der Waals surface area (Å²) in [6.07, 6.45) is 5.24. The summed E-state index contributed by atoms with van der Waals surface area (Å²) in [5.74, 6) is -0.105. The Morgan fingerprint density at radius 3 is 1.74 bits per heavy atom. The number of esters is 1. The van der Waals surface area contributed by atoms with Crippen LogP contribution in [0.3, 0.4) is 0 Å². The maximum absolute atomic E-state index is 13.4. The van der Waals surface area contributed by atoms with E-state index in [-0.39, 0.29) is 54.1 Å². The molecule has 0 spiro atoms. The summed E-state index contributed by atoms with van der Waals surface area (Å²) in [4.78, 5) is 13.2. The summed E-state index contributed by atoms with van der Waals surface area (Å²) in [6.45, 7) is 24.6. The van der Waals surface area contributed by atoms with Crippen molar-refractivity contribution in [3.8, 4) is 0 Å². The van der Waals surface area contributed by atoms with E-state index in [1.165, 1.54) is 4.46 Å². The van der Waals surface area contributed by atoms with Gasteiger partial charge in [0.2, 0.25) is 0 Å². The molecule has 4 atom stereocenters. The third-order valence-electron chi connectivity index (χ3n) is 7.66. The van der Waals surface area contributed by atoms with Crippen LogP contribution in [-0.4, -0.2) is 55.9 Å². The summed E-state index contributed by atoms with van der Waals surface area (Å²) >= 11 is -0.0306. The van der Waals surface area contributed by atoms with Crippen molar-refractivity contribution < 1.29 is 18.4 Å². The fraction of sp³-hybridized carbons (Fsp3) is 0.679. The molecule has 1 aromatic carbocycles. The van der Waals surface area contributed by atoms with Crippen LogP contribution in [0.4, 0.5) is 0 Å². The van der Waals surface area contributed by atoms with Crippen molar-refractivity contribution in [2.24, 2.45) is 0 Å². The van der Waals surface area contributed by atoms with Crippen molar-refractivity contribution in [3.63, 3.8) is 0 Å². The third-order valence-corrected chi connectivity index (χ3v) is 19.2. The molecule has 0 fully saturated rings. The van der Waals surface area contributed by atoms with Gasteiger partial charge in [0.05, 0.1) is 0 Å². The molecule has 0 aromatic heterocycles. The van der Waals surface area contributed by atoms with Crippen LogP contribution >= 0.6 is 0 Å². The Morgan fingerprint density at radius 2 is 1.29 bits per heavy atom. The monoisotopic (exact) mass is 584 g/mol. The second-order valence-electron chi connectivity index (χ2n) is 12.9. The first-order valence-corrected chi connectivity index (χ1v) is 20.5. The Labute approximate surface area is 223 Å². The van der Waals surface area contributed by atoms with E-state index in [4.69, 9.17) is 13.6 Å². The number of hydrogen-bond donors (Lipinski definition) is 0. The Balaban J connectivity index is 2.40. The quantitative estimate of drug-likeness (QED) is 0.208. The van der Waals surface area contributed by atoms with Crippen LogP contribution in [0.5, 0.6) is 0 Å². The molecule has 35 heavy (non-hydrogen) atoms. The number of cyclic esters (lactones) is 1. The van der Waals surface area contributed by atoms with Gasteiger partial charge in [0, 0.05) is 0 Å². The van der Waals surface area contributed by atoms with Gasteiger partial charge in [0.15, 0.2) is 0 Å². The number of rotatable bonds is 6. The van der Waals surface area contributed by atoms with Gasteiger partial charge >= 0.3 is 224 Å². The SMILES string of the molecule is C[C@@H]1C[C@H](O[Si](C)(C)C(C)(C)C)/C=C/[C@@H](O[Si](C)(C)C(C)(C)C)CC([Se]c2ccccc2)C(=O)O1. The van der Waals surface area contributed by atoms with E-state index in [1.807, 2.05) is 25.1 Å². The molecular formula is C28H48O4SeSi2. The van der Waals surface area contributed by atoms with Crippen LogP contribution in [0.2, 0.25) is 41.1 Å². The van der Waals surface area contributed by atoms with Crippen molar-refractivity contribution in [1.29, 1.82) is 0 Å². The number of benzene rings is 1. The van der Waals surface area contributed by atoms with Crippen molar-refractivity contribution in [2.75, 3.05) is 0 Å². The molecule has 1 unspecified atom stereocenters. The first kappa shape index (κ1) is 30.5. The Hall–Kier alpha value is -0.697. The van der Waals surface area contributed by atoms with E-state index in [2.05, 4.69) is 92.0 Å². The van der Waals surface area contributed by atoms with Gasteiger partial charge in [-0.05, 0) is 0 Å². The molecule has 1 aliphatic rings. The fourth-order valence-corrected chi connectivity index (χ4v) is 8.24. The van der Waals surface area contributed by atoms with Crippen LogP contribution in [0, 0.1) is 0 Å². The second kappa shape index (κ2) is 11.8. The van der Waals surface area contributed by atoms with Crippen LogP contribution in [-0.2, 0) is 18.4 Å². The molecule has 0 radical (unpaired) electrons. The van der Waals surface area contributed by atoms with Crippen LogP contribution in [0.15, 0.2) is 42.5 Å². The normalized spacial score (nSPS) is 26.2. The molecule has 1 aliphatic heterocycles. The van der Waals surface area contributed by atoms with Crippen molar-refractivity contribution in [1.82, 2.24) is 0 Å². The van der Waals surface area contributed by atoms with E-state index in [0.29, 0.717) is 12.8 Å². The van der Waals surface area contributed by atoms with E-state index >= 15 is 0 Å². The topological polar surface area (TPSA) is 44.8 Å². The Kier molecular flexibility index (Phi) is 10.3. The minimum absolute atomic E-state index is 0.0306. The Morgan fingerprint density at radius 1 is 0.829 bits per heavy atom. The summed E-state index contributed by atoms with van der Waals surface area (Å²) in [5, 5.41) is 0.193. The van der Waals surface area contributed by atoms with Crippen LogP contribution < -0.4 is 4.46 Å². The van der Waals surface area contributed by atoms with Gasteiger partial charge in [-0.3, -0.25) is 0 Å². The third kappa shape index (κ3) is 8.97. The summed E-state index contributed by atoms with van der Waals surface area (Å²) in [6, 6.07) is 10.3. The average Bonchev–Trinajstić information content (AvgIpc) is 2.69. The average molecular weight is 584 g/mol. The number of carbonyl (C=O) groups excluding carboxylic acids is 1. The van der Waals surface area contributed by atoms with Crippen molar-refractivity contribution in [2.45, 2.75) is 121 Å². The minimum atomic E-state index is -2.04. The van der Waals surface area contributed by atoms with Gasteiger partial charge in [-0.25, -0.2) is 0 Å². The second-order valence-corrected chi connectivity index (χ2v) is 25.0. The number of hydrogen-bond acceptors (Lipinski definition) is 4. The molecule has 198 valence electrons. The molecule has 0 saturated heterocycles. The van der Waals surface area contributed by atoms with Gasteiger partial charge in [-0.1, -0.05) is 0 Å². The molecule has 0 aliphatic carbocycles. The zero-order valence-electron chi connectivity index (χ0n) is 23.8. The van der Waals surface area contributed by atoms with E-state index in [9.17, 15) is 4.79 Å². The summed E-state index contributed by atoms with van der Waals surface area (Å²) < 4.78 is 20.9. The van der Waals surface area contributed by atoms with E-state index < -0.39 is 16.6 Å². The van der Waals surface area contributed by atoms with Gasteiger partial charge < -0.3 is 0 Å². The molecular weight excluding hydrogens is 535 g/mol. The molecule has 0 N–H and O–H groups in total. The van der Waals surface area contributed by atoms with Gasteiger partial charge in [-0.15, -0.1) is 0 Å².